The molecule has 0 bridgehead atoms. The minimum atomic E-state index is -0.482. The summed E-state index contributed by atoms with van der Waals surface area (Å²) < 4.78 is 5.74. The summed E-state index contributed by atoms with van der Waals surface area (Å²) in [5, 5.41) is 9.87. The SMILES string of the molecule is CCC[C@@H](O)[C@@H](N)c1ccc(OC(C)(C)C)cc1. The van der Waals surface area contributed by atoms with Gasteiger partial charge in [-0.15, -0.1) is 0 Å². The maximum Gasteiger partial charge on any atom is 0.120 e. The lowest BCUT2D eigenvalue weighted by Gasteiger charge is -2.22. The Morgan fingerprint density at radius 2 is 1.78 bits per heavy atom. The van der Waals surface area contributed by atoms with E-state index < -0.39 is 6.10 Å². The van der Waals surface area contributed by atoms with Crippen LogP contribution in [0.5, 0.6) is 5.75 Å². The molecule has 0 aliphatic heterocycles. The molecule has 1 rings (SSSR count). The van der Waals surface area contributed by atoms with Gasteiger partial charge < -0.3 is 15.6 Å². The predicted octanol–water partition coefficient (Wildman–Crippen LogP) is 3.02. The molecule has 0 unspecified atom stereocenters. The predicted molar refractivity (Wildman–Crippen MR) is 74.7 cm³/mol. The van der Waals surface area contributed by atoms with E-state index in [1.165, 1.54) is 0 Å². The van der Waals surface area contributed by atoms with Crippen LogP contribution >= 0.6 is 0 Å². The number of hydrogen-bond acceptors (Lipinski definition) is 3. The second-order valence-electron chi connectivity index (χ2n) is 5.67. The Labute approximate surface area is 110 Å². The molecule has 1 aromatic carbocycles. The van der Waals surface area contributed by atoms with Gasteiger partial charge >= 0.3 is 0 Å². The van der Waals surface area contributed by atoms with Gasteiger partial charge in [-0.3, -0.25) is 0 Å². The third kappa shape index (κ3) is 4.67. The molecule has 0 aromatic heterocycles. The first-order valence-corrected chi connectivity index (χ1v) is 6.56. The molecule has 1 aromatic rings. The Morgan fingerprint density at radius 1 is 1.22 bits per heavy atom. The van der Waals surface area contributed by atoms with E-state index in [-0.39, 0.29) is 11.6 Å². The number of nitrogens with two attached hydrogens (primary N) is 1. The molecule has 3 N–H and O–H groups in total. The zero-order chi connectivity index (χ0) is 13.8. The normalized spacial score (nSPS) is 15.2. The quantitative estimate of drug-likeness (QED) is 0.845. The van der Waals surface area contributed by atoms with E-state index in [1.54, 1.807) is 0 Å². The topological polar surface area (TPSA) is 55.5 Å². The standard InChI is InChI=1S/C15H25NO2/c1-5-6-13(17)14(16)11-7-9-12(10-8-11)18-15(2,3)4/h7-10,13-14,17H,5-6,16H2,1-4H3/t13-,14+/m1/s1. The molecule has 0 amide bonds. The summed E-state index contributed by atoms with van der Waals surface area (Å²) in [6, 6.07) is 7.32. The van der Waals surface area contributed by atoms with Crippen LogP contribution in [0.4, 0.5) is 0 Å². The molecule has 3 heteroatoms. The molecule has 0 spiro atoms. The molecule has 0 aliphatic carbocycles. The van der Waals surface area contributed by atoms with Gasteiger partial charge in [0.15, 0.2) is 0 Å². The average Bonchev–Trinajstić information content (AvgIpc) is 2.27. The van der Waals surface area contributed by atoms with E-state index in [0.29, 0.717) is 0 Å². The zero-order valence-corrected chi connectivity index (χ0v) is 11.8. The lowest BCUT2D eigenvalue weighted by atomic mass is 9.99. The van der Waals surface area contributed by atoms with Crippen molar-refractivity contribution in [1.29, 1.82) is 0 Å². The van der Waals surface area contributed by atoms with Crippen LogP contribution in [0.1, 0.15) is 52.1 Å². The van der Waals surface area contributed by atoms with Crippen LogP contribution in [0.3, 0.4) is 0 Å². The first kappa shape index (κ1) is 15.0. The Kier molecular flexibility index (Phi) is 5.17. The number of rotatable bonds is 5. The van der Waals surface area contributed by atoms with E-state index >= 15 is 0 Å². The van der Waals surface area contributed by atoms with Crippen LogP contribution in [0, 0.1) is 0 Å². The Bertz CT molecular complexity index is 354. The maximum absolute atomic E-state index is 9.87. The minimum absolute atomic E-state index is 0.203. The van der Waals surface area contributed by atoms with E-state index in [0.717, 1.165) is 24.2 Å². The molecular weight excluding hydrogens is 226 g/mol. The fourth-order valence-electron chi connectivity index (χ4n) is 1.81. The summed E-state index contributed by atoms with van der Waals surface area (Å²) in [6.45, 7) is 8.07. The molecule has 0 heterocycles. The van der Waals surface area contributed by atoms with Gasteiger partial charge in [0.25, 0.3) is 0 Å². The van der Waals surface area contributed by atoms with Crippen molar-refractivity contribution in [1.82, 2.24) is 0 Å². The van der Waals surface area contributed by atoms with Gasteiger partial charge in [-0.25, -0.2) is 0 Å². The van der Waals surface area contributed by atoms with Crippen molar-refractivity contribution in [2.24, 2.45) is 5.73 Å². The Morgan fingerprint density at radius 3 is 2.22 bits per heavy atom. The molecule has 3 nitrogen and oxygen atoms in total. The lowest BCUT2D eigenvalue weighted by Crippen LogP contribution is -2.26. The van der Waals surface area contributed by atoms with Gasteiger partial charge in [-0.2, -0.15) is 0 Å². The highest BCUT2D eigenvalue weighted by Gasteiger charge is 2.16. The van der Waals surface area contributed by atoms with E-state index in [2.05, 4.69) is 0 Å². The summed E-state index contributed by atoms with van der Waals surface area (Å²) >= 11 is 0. The summed E-state index contributed by atoms with van der Waals surface area (Å²) in [7, 11) is 0. The molecule has 0 saturated heterocycles. The number of aliphatic hydroxyl groups excluding tert-OH is 1. The second-order valence-corrected chi connectivity index (χ2v) is 5.67. The van der Waals surface area contributed by atoms with Crippen molar-refractivity contribution < 1.29 is 9.84 Å². The second kappa shape index (κ2) is 6.21. The summed E-state index contributed by atoms with van der Waals surface area (Å²) in [4.78, 5) is 0. The number of aliphatic hydroxyl groups is 1. The van der Waals surface area contributed by atoms with Crippen molar-refractivity contribution in [2.75, 3.05) is 0 Å². The fourth-order valence-corrected chi connectivity index (χ4v) is 1.81. The lowest BCUT2D eigenvalue weighted by molar-refractivity contribution is 0.129. The monoisotopic (exact) mass is 251 g/mol. The summed E-state index contributed by atoms with van der Waals surface area (Å²) in [5.74, 6) is 0.823. The number of hydrogen-bond donors (Lipinski definition) is 2. The van der Waals surface area contributed by atoms with Crippen LogP contribution < -0.4 is 10.5 Å². The van der Waals surface area contributed by atoms with Gasteiger partial charge in [0.2, 0.25) is 0 Å². The fraction of sp³-hybridized carbons (Fsp3) is 0.600. The third-order valence-corrected chi connectivity index (χ3v) is 2.69. The molecular formula is C15H25NO2. The van der Waals surface area contributed by atoms with Crippen molar-refractivity contribution in [3.05, 3.63) is 29.8 Å². The van der Waals surface area contributed by atoms with Crippen molar-refractivity contribution in [2.45, 2.75) is 58.3 Å². The molecule has 0 aliphatic rings. The number of ether oxygens (including phenoxy) is 1. The van der Waals surface area contributed by atoms with Crippen molar-refractivity contribution in [3.63, 3.8) is 0 Å². The van der Waals surface area contributed by atoms with Crippen LogP contribution in [-0.4, -0.2) is 16.8 Å². The van der Waals surface area contributed by atoms with E-state index in [1.807, 2.05) is 52.0 Å². The van der Waals surface area contributed by atoms with Crippen molar-refractivity contribution in [3.8, 4) is 5.75 Å². The third-order valence-electron chi connectivity index (χ3n) is 2.69. The molecule has 0 saturated carbocycles. The summed E-state index contributed by atoms with van der Waals surface area (Å²) in [5.41, 5.74) is 6.75. The van der Waals surface area contributed by atoms with Gasteiger partial charge in [-0.05, 0) is 44.9 Å². The van der Waals surface area contributed by atoms with Crippen LogP contribution in [-0.2, 0) is 0 Å². The molecule has 0 fully saturated rings. The first-order valence-electron chi connectivity index (χ1n) is 6.56. The largest absolute Gasteiger partial charge is 0.488 e. The van der Waals surface area contributed by atoms with E-state index in [4.69, 9.17) is 10.5 Å². The van der Waals surface area contributed by atoms with Crippen LogP contribution in [0.2, 0.25) is 0 Å². The maximum atomic E-state index is 9.87. The minimum Gasteiger partial charge on any atom is -0.488 e. The van der Waals surface area contributed by atoms with Gasteiger partial charge in [-0.1, -0.05) is 25.5 Å². The highest BCUT2D eigenvalue weighted by atomic mass is 16.5. The van der Waals surface area contributed by atoms with Gasteiger partial charge in [0, 0.05) is 0 Å². The van der Waals surface area contributed by atoms with Crippen LogP contribution in [0.15, 0.2) is 24.3 Å². The smallest absolute Gasteiger partial charge is 0.120 e. The highest BCUT2D eigenvalue weighted by molar-refractivity contribution is 5.30. The van der Waals surface area contributed by atoms with Crippen molar-refractivity contribution >= 4 is 0 Å². The molecule has 0 radical (unpaired) electrons. The van der Waals surface area contributed by atoms with Gasteiger partial charge in [0.05, 0.1) is 12.1 Å². The Balaban J connectivity index is 2.70. The highest BCUT2D eigenvalue weighted by Crippen LogP contribution is 2.23. The number of benzene rings is 1. The molecule has 102 valence electrons. The molecule has 2 atom stereocenters. The van der Waals surface area contributed by atoms with Crippen LogP contribution in [0.25, 0.3) is 0 Å². The van der Waals surface area contributed by atoms with Gasteiger partial charge in [0.1, 0.15) is 11.4 Å². The average molecular weight is 251 g/mol. The van der Waals surface area contributed by atoms with E-state index in [9.17, 15) is 5.11 Å². The zero-order valence-electron chi connectivity index (χ0n) is 11.8. The Hall–Kier alpha value is -1.06. The molecule has 18 heavy (non-hydrogen) atoms. The summed E-state index contributed by atoms with van der Waals surface area (Å²) in [6.07, 6.45) is 1.17. The first-order chi connectivity index (χ1) is 8.33.